The van der Waals surface area contributed by atoms with Crippen LogP contribution in [0.1, 0.15) is 64.7 Å². The third-order valence-corrected chi connectivity index (χ3v) is 2.28. The zero-order valence-electron chi connectivity index (χ0n) is 11.4. The molecule has 0 aromatic rings. The maximum atomic E-state index is 9.96. The second-order valence-corrected chi connectivity index (χ2v) is 4.20. The van der Waals surface area contributed by atoms with E-state index < -0.39 is 17.9 Å². The van der Waals surface area contributed by atoms with E-state index in [1.165, 1.54) is 6.42 Å². The van der Waals surface area contributed by atoms with Gasteiger partial charge in [-0.1, -0.05) is 26.2 Å². The fourth-order valence-electron chi connectivity index (χ4n) is 1.26. The van der Waals surface area contributed by atoms with Crippen LogP contribution in [0.5, 0.6) is 0 Å². The summed E-state index contributed by atoms with van der Waals surface area (Å²) in [5.41, 5.74) is 0. The van der Waals surface area contributed by atoms with Crippen molar-refractivity contribution in [1.29, 1.82) is 0 Å². The Morgan fingerprint density at radius 2 is 0.947 bits per heavy atom. The average molecular weight is 276 g/mol. The first-order valence-corrected chi connectivity index (χ1v) is 6.55. The van der Waals surface area contributed by atoms with Crippen LogP contribution in [0.3, 0.4) is 0 Å². The van der Waals surface area contributed by atoms with Crippen LogP contribution in [-0.2, 0) is 14.4 Å². The van der Waals surface area contributed by atoms with Gasteiger partial charge in [0.2, 0.25) is 0 Å². The highest BCUT2D eigenvalue weighted by molar-refractivity contribution is 5.68. The largest absolute Gasteiger partial charge is 0.481 e. The maximum Gasteiger partial charge on any atom is 0.303 e. The van der Waals surface area contributed by atoms with Gasteiger partial charge in [0.05, 0.1) is 0 Å². The van der Waals surface area contributed by atoms with E-state index in [1.807, 2.05) is 0 Å². The fraction of sp³-hybridized carbons (Fsp3) is 0.769. The van der Waals surface area contributed by atoms with Gasteiger partial charge in [0.25, 0.3) is 0 Å². The molecule has 0 saturated carbocycles. The zero-order chi connectivity index (χ0) is 15.1. The van der Waals surface area contributed by atoms with E-state index in [0.717, 1.165) is 19.3 Å². The lowest BCUT2D eigenvalue weighted by molar-refractivity contribution is -0.139. The minimum atomic E-state index is -0.870. The number of carboxylic acids is 3. The van der Waals surface area contributed by atoms with Crippen molar-refractivity contribution in [3.05, 3.63) is 0 Å². The van der Waals surface area contributed by atoms with Gasteiger partial charge < -0.3 is 15.3 Å². The summed E-state index contributed by atoms with van der Waals surface area (Å²) >= 11 is 0. The highest BCUT2D eigenvalue weighted by Crippen LogP contribution is 2.01. The topological polar surface area (TPSA) is 112 Å². The number of unbranched alkanes of at least 4 members (excludes halogenated alkanes) is 4. The Labute approximate surface area is 113 Å². The predicted octanol–water partition coefficient (Wildman–Crippen LogP) is 2.76. The third kappa shape index (κ3) is 26.2. The molecular formula is C13H24O6. The molecule has 6 nitrogen and oxygen atoms in total. The quantitative estimate of drug-likeness (QED) is 0.529. The lowest BCUT2D eigenvalue weighted by Crippen LogP contribution is -1.97. The first-order chi connectivity index (χ1) is 8.90. The van der Waals surface area contributed by atoms with Crippen molar-refractivity contribution < 1.29 is 29.7 Å². The van der Waals surface area contributed by atoms with E-state index in [1.54, 1.807) is 0 Å². The van der Waals surface area contributed by atoms with E-state index in [0.29, 0.717) is 19.3 Å². The number of aliphatic carboxylic acids is 3. The van der Waals surface area contributed by atoms with E-state index in [2.05, 4.69) is 6.92 Å². The van der Waals surface area contributed by atoms with E-state index in [4.69, 9.17) is 15.3 Å². The maximum absolute atomic E-state index is 9.96. The number of hydrogen-bond acceptors (Lipinski definition) is 3. The van der Waals surface area contributed by atoms with Gasteiger partial charge >= 0.3 is 17.9 Å². The number of hydrogen-bond donors (Lipinski definition) is 3. The number of carbonyl (C=O) groups is 3. The molecule has 0 rings (SSSR count). The molecule has 0 aliphatic carbocycles. The highest BCUT2D eigenvalue weighted by atomic mass is 16.4. The van der Waals surface area contributed by atoms with Gasteiger partial charge in [0, 0.05) is 19.3 Å². The van der Waals surface area contributed by atoms with Crippen LogP contribution >= 0.6 is 0 Å². The Kier molecular flexibility index (Phi) is 15.0. The monoisotopic (exact) mass is 276 g/mol. The summed E-state index contributed by atoms with van der Waals surface area (Å²) in [6.07, 6.45) is 5.57. The lowest BCUT2D eigenvalue weighted by atomic mass is 10.2. The van der Waals surface area contributed by atoms with Crippen LogP contribution in [0.25, 0.3) is 0 Å². The van der Waals surface area contributed by atoms with Crippen LogP contribution in [0.15, 0.2) is 0 Å². The molecule has 0 fully saturated rings. The van der Waals surface area contributed by atoms with Crippen molar-refractivity contribution in [2.24, 2.45) is 0 Å². The van der Waals surface area contributed by atoms with Crippen LogP contribution in [-0.4, -0.2) is 33.2 Å². The van der Waals surface area contributed by atoms with E-state index >= 15 is 0 Å². The molecule has 0 aliphatic rings. The molecule has 0 aromatic heterocycles. The number of carboxylic acid groups (broad SMARTS) is 3. The minimum Gasteiger partial charge on any atom is -0.481 e. The summed E-state index contributed by atoms with van der Waals surface area (Å²) in [5, 5.41) is 24.5. The summed E-state index contributed by atoms with van der Waals surface area (Å²) in [6, 6.07) is 0. The van der Waals surface area contributed by atoms with Crippen LogP contribution in [0, 0.1) is 0 Å². The molecule has 0 aliphatic heterocycles. The van der Waals surface area contributed by atoms with Gasteiger partial charge in [-0.15, -0.1) is 0 Å². The molecule has 0 bridgehead atoms. The van der Waals surface area contributed by atoms with Gasteiger partial charge in [-0.05, 0) is 19.3 Å². The molecular weight excluding hydrogens is 252 g/mol. The van der Waals surface area contributed by atoms with E-state index in [9.17, 15) is 14.4 Å². The van der Waals surface area contributed by atoms with Gasteiger partial charge in [-0.2, -0.15) is 0 Å². The first kappa shape index (κ1) is 19.7. The van der Waals surface area contributed by atoms with Crippen molar-refractivity contribution in [3.63, 3.8) is 0 Å². The Bertz CT molecular complexity index is 246. The molecule has 6 heteroatoms. The summed E-state index contributed by atoms with van der Waals surface area (Å²) in [7, 11) is 0. The normalized spacial score (nSPS) is 9.32. The van der Waals surface area contributed by atoms with Crippen molar-refractivity contribution in [2.75, 3.05) is 0 Å². The summed E-state index contributed by atoms with van der Waals surface area (Å²) < 4.78 is 0. The van der Waals surface area contributed by atoms with Gasteiger partial charge in [0.15, 0.2) is 0 Å². The lowest BCUT2D eigenvalue weighted by Gasteiger charge is -1.92. The molecule has 0 heterocycles. The predicted molar refractivity (Wildman–Crippen MR) is 70.1 cm³/mol. The minimum absolute atomic E-state index is 0.0628. The molecule has 0 aromatic carbocycles. The first-order valence-electron chi connectivity index (χ1n) is 6.55. The molecule has 19 heavy (non-hydrogen) atoms. The van der Waals surface area contributed by atoms with Crippen LogP contribution in [0.2, 0.25) is 0 Å². The molecule has 0 atom stereocenters. The number of rotatable bonds is 10. The van der Waals surface area contributed by atoms with Crippen molar-refractivity contribution in [2.45, 2.75) is 64.7 Å². The Balaban J connectivity index is 0. The Morgan fingerprint density at radius 3 is 1.21 bits per heavy atom. The summed E-state index contributed by atoms with van der Waals surface area (Å²) in [5.74, 6) is -2.41. The molecule has 0 radical (unpaired) electrons. The van der Waals surface area contributed by atoms with Crippen molar-refractivity contribution >= 4 is 17.9 Å². The van der Waals surface area contributed by atoms with Crippen molar-refractivity contribution in [1.82, 2.24) is 0 Å². The zero-order valence-corrected chi connectivity index (χ0v) is 11.4. The Hall–Kier alpha value is -1.59. The average Bonchev–Trinajstić information content (AvgIpc) is 2.30. The fourth-order valence-corrected chi connectivity index (χ4v) is 1.26. The SMILES string of the molecule is CCCCCCC(=O)O.O=C(O)CCCCC(=O)O. The molecule has 0 saturated heterocycles. The Morgan fingerprint density at radius 1 is 0.632 bits per heavy atom. The molecule has 0 unspecified atom stereocenters. The highest BCUT2D eigenvalue weighted by Gasteiger charge is 1.99. The second-order valence-electron chi connectivity index (χ2n) is 4.20. The molecule has 112 valence electrons. The second kappa shape index (κ2) is 14.5. The molecule has 0 amide bonds. The van der Waals surface area contributed by atoms with Gasteiger partial charge in [0.1, 0.15) is 0 Å². The smallest absolute Gasteiger partial charge is 0.303 e. The van der Waals surface area contributed by atoms with Crippen LogP contribution < -0.4 is 0 Å². The van der Waals surface area contributed by atoms with Gasteiger partial charge in [-0.3, -0.25) is 14.4 Å². The van der Waals surface area contributed by atoms with Crippen molar-refractivity contribution in [3.8, 4) is 0 Å². The molecule has 0 spiro atoms. The standard InChI is InChI=1S/C7H14O2.C6H10O4/c1-2-3-4-5-6-7(8)9;7-5(8)3-1-2-4-6(9)10/h2-6H2,1H3,(H,8,9);1-4H2,(H,7,8)(H,9,10). The summed E-state index contributed by atoms with van der Waals surface area (Å²) in [6.45, 7) is 2.11. The van der Waals surface area contributed by atoms with Gasteiger partial charge in [-0.25, -0.2) is 0 Å². The third-order valence-electron chi connectivity index (χ3n) is 2.28. The molecule has 3 N–H and O–H groups in total. The van der Waals surface area contributed by atoms with Crippen LogP contribution in [0.4, 0.5) is 0 Å². The summed E-state index contributed by atoms with van der Waals surface area (Å²) in [4.78, 5) is 29.8. The van der Waals surface area contributed by atoms with E-state index in [-0.39, 0.29) is 12.8 Å².